The predicted octanol–water partition coefficient (Wildman–Crippen LogP) is 3.63. The van der Waals surface area contributed by atoms with Gasteiger partial charge in [0.2, 0.25) is 0 Å². The first-order chi connectivity index (χ1) is 8.35. The van der Waals surface area contributed by atoms with Crippen LogP contribution in [-0.4, -0.2) is 19.7 Å². The largest absolute Gasteiger partial charge is 0.497 e. The van der Waals surface area contributed by atoms with E-state index in [-0.39, 0.29) is 0 Å². The van der Waals surface area contributed by atoms with Crippen molar-refractivity contribution in [3.8, 4) is 5.75 Å². The van der Waals surface area contributed by atoms with Crippen molar-refractivity contribution in [1.82, 2.24) is 0 Å². The molecule has 1 heterocycles. The Labute approximate surface area is 104 Å². The zero-order valence-corrected chi connectivity index (χ0v) is 10.7. The molecule has 1 atom stereocenters. The van der Waals surface area contributed by atoms with Crippen molar-refractivity contribution in [2.45, 2.75) is 32.2 Å². The molecule has 0 saturated heterocycles. The quantitative estimate of drug-likeness (QED) is 0.734. The monoisotopic (exact) mass is 231 g/mol. The lowest BCUT2D eigenvalue weighted by Gasteiger charge is -2.34. The lowest BCUT2D eigenvalue weighted by atomic mass is 10.0. The third-order valence-corrected chi connectivity index (χ3v) is 3.28. The molecule has 2 rings (SSSR count). The highest BCUT2D eigenvalue weighted by molar-refractivity contribution is 5.51. The Hall–Kier alpha value is -1.44. The van der Waals surface area contributed by atoms with E-state index in [4.69, 9.17) is 4.74 Å². The van der Waals surface area contributed by atoms with Crippen LogP contribution in [0.25, 0.3) is 0 Å². The van der Waals surface area contributed by atoms with Crippen LogP contribution in [0, 0.1) is 0 Å². The number of benzene rings is 1. The minimum Gasteiger partial charge on any atom is -0.497 e. The smallest absolute Gasteiger partial charge is 0.119 e. The standard InChI is InChI=1S/C15H21NO/c1-3-6-13-7-4-5-12-16(13)14-8-10-15(17-2)11-9-14/h4,7-11,13H,3,5-6,12H2,1-2H3. The van der Waals surface area contributed by atoms with Crippen molar-refractivity contribution in [3.05, 3.63) is 36.4 Å². The summed E-state index contributed by atoms with van der Waals surface area (Å²) >= 11 is 0. The van der Waals surface area contributed by atoms with Gasteiger partial charge in [-0.25, -0.2) is 0 Å². The Morgan fingerprint density at radius 1 is 1.29 bits per heavy atom. The third kappa shape index (κ3) is 2.82. The lowest BCUT2D eigenvalue weighted by Crippen LogP contribution is -2.36. The molecule has 0 bridgehead atoms. The van der Waals surface area contributed by atoms with Gasteiger partial charge in [0.05, 0.1) is 7.11 Å². The number of rotatable bonds is 4. The van der Waals surface area contributed by atoms with Crippen LogP contribution in [0.1, 0.15) is 26.2 Å². The average molecular weight is 231 g/mol. The molecule has 0 radical (unpaired) electrons. The fourth-order valence-corrected chi connectivity index (χ4v) is 2.38. The molecule has 0 saturated carbocycles. The molecule has 92 valence electrons. The SMILES string of the molecule is CCCC1C=CCCN1c1ccc(OC)cc1. The van der Waals surface area contributed by atoms with Crippen molar-refractivity contribution in [3.63, 3.8) is 0 Å². The summed E-state index contributed by atoms with van der Waals surface area (Å²) in [6.45, 7) is 3.36. The normalized spacial score (nSPS) is 19.4. The number of hydrogen-bond donors (Lipinski definition) is 0. The van der Waals surface area contributed by atoms with Crippen LogP contribution in [0.5, 0.6) is 5.75 Å². The Kier molecular flexibility index (Phi) is 4.08. The molecular formula is C15H21NO. The zero-order chi connectivity index (χ0) is 12.1. The summed E-state index contributed by atoms with van der Waals surface area (Å²) in [5.74, 6) is 0.924. The molecule has 1 unspecified atom stereocenters. The van der Waals surface area contributed by atoms with Crippen LogP contribution < -0.4 is 9.64 Å². The average Bonchev–Trinajstić information content (AvgIpc) is 2.40. The van der Waals surface area contributed by atoms with E-state index < -0.39 is 0 Å². The van der Waals surface area contributed by atoms with Crippen LogP contribution in [0.3, 0.4) is 0 Å². The maximum atomic E-state index is 5.20. The first-order valence-electron chi connectivity index (χ1n) is 6.42. The molecule has 0 aromatic heterocycles. The highest BCUT2D eigenvalue weighted by Gasteiger charge is 2.17. The second-order valence-corrected chi connectivity index (χ2v) is 4.46. The van der Waals surface area contributed by atoms with Gasteiger partial charge in [-0.05, 0) is 37.1 Å². The molecule has 0 N–H and O–H groups in total. The van der Waals surface area contributed by atoms with E-state index in [0.717, 1.165) is 18.7 Å². The van der Waals surface area contributed by atoms with Gasteiger partial charge in [-0.15, -0.1) is 0 Å². The summed E-state index contributed by atoms with van der Waals surface area (Å²) in [5.41, 5.74) is 1.30. The van der Waals surface area contributed by atoms with Crippen LogP contribution in [0.15, 0.2) is 36.4 Å². The van der Waals surface area contributed by atoms with Gasteiger partial charge < -0.3 is 9.64 Å². The molecule has 1 aliphatic rings. The molecule has 2 nitrogen and oxygen atoms in total. The zero-order valence-electron chi connectivity index (χ0n) is 10.7. The Balaban J connectivity index is 2.15. The first-order valence-corrected chi connectivity index (χ1v) is 6.42. The molecule has 0 spiro atoms. The van der Waals surface area contributed by atoms with E-state index in [1.54, 1.807) is 7.11 Å². The van der Waals surface area contributed by atoms with Crippen molar-refractivity contribution in [1.29, 1.82) is 0 Å². The molecule has 0 aliphatic carbocycles. The van der Waals surface area contributed by atoms with Crippen LogP contribution in [0.2, 0.25) is 0 Å². The summed E-state index contributed by atoms with van der Waals surface area (Å²) in [7, 11) is 1.71. The van der Waals surface area contributed by atoms with Gasteiger partial charge in [0.25, 0.3) is 0 Å². The van der Waals surface area contributed by atoms with Crippen molar-refractivity contribution >= 4 is 5.69 Å². The predicted molar refractivity (Wildman–Crippen MR) is 72.8 cm³/mol. The third-order valence-electron chi connectivity index (χ3n) is 3.28. The highest BCUT2D eigenvalue weighted by Crippen LogP contribution is 2.25. The molecule has 1 aromatic carbocycles. The highest BCUT2D eigenvalue weighted by atomic mass is 16.5. The molecule has 2 heteroatoms. The van der Waals surface area contributed by atoms with E-state index in [0.29, 0.717) is 6.04 Å². The van der Waals surface area contributed by atoms with E-state index in [2.05, 4.69) is 36.1 Å². The number of methoxy groups -OCH3 is 1. The second kappa shape index (κ2) is 5.76. The summed E-state index contributed by atoms with van der Waals surface area (Å²) in [6, 6.07) is 8.94. The van der Waals surface area contributed by atoms with Gasteiger partial charge in [-0.1, -0.05) is 25.5 Å². The fourth-order valence-electron chi connectivity index (χ4n) is 2.38. The fraction of sp³-hybridized carbons (Fsp3) is 0.467. The minimum absolute atomic E-state index is 0.558. The van der Waals surface area contributed by atoms with Crippen LogP contribution in [-0.2, 0) is 0 Å². The maximum absolute atomic E-state index is 5.20. The summed E-state index contributed by atoms with van der Waals surface area (Å²) in [6.07, 6.45) is 8.24. The Morgan fingerprint density at radius 3 is 2.71 bits per heavy atom. The number of nitrogens with zero attached hydrogens (tertiary/aromatic N) is 1. The molecule has 1 aliphatic heterocycles. The summed E-state index contributed by atoms with van der Waals surface area (Å²) in [4.78, 5) is 2.49. The van der Waals surface area contributed by atoms with Gasteiger partial charge in [0.15, 0.2) is 0 Å². The Morgan fingerprint density at radius 2 is 2.06 bits per heavy atom. The lowest BCUT2D eigenvalue weighted by molar-refractivity contribution is 0.414. The van der Waals surface area contributed by atoms with E-state index in [1.165, 1.54) is 18.5 Å². The first kappa shape index (κ1) is 12.0. The molecule has 17 heavy (non-hydrogen) atoms. The molecule has 1 aromatic rings. The number of hydrogen-bond acceptors (Lipinski definition) is 2. The van der Waals surface area contributed by atoms with E-state index in [1.807, 2.05) is 12.1 Å². The topological polar surface area (TPSA) is 12.5 Å². The molecule has 0 fully saturated rings. The van der Waals surface area contributed by atoms with E-state index in [9.17, 15) is 0 Å². The minimum atomic E-state index is 0.558. The molecule has 0 amide bonds. The van der Waals surface area contributed by atoms with Gasteiger partial charge in [0, 0.05) is 18.3 Å². The summed E-state index contributed by atoms with van der Waals surface area (Å²) in [5, 5.41) is 0. The maximum Gasteiger partial charge on any atom is 0.119 e. The Bertz CT molecular complexity index is 369. The number of ether oxygens (including phenoxy) is 1. The second-order valence-electron chi connectivity index (χ2n) is 4.46. The number of anilines is 1. The van der Waals surface area contributed by atoms with Gasteiger partial charge >= 0.3 is 0 Å². The van der Waals surface area contributed by atoms with Gasteiger partial charge in [-0.2, -0.15) is 0 Å². The van der Waals surface area contributed by atoms with Crippen molar-refractivity contribution < 1.29 is 4.74 Å². The van der Waals surface area contributed by atoms with Crippen molar-refractivity contribution in [2.24, 2.45) is 0 Å². The molecular weight excluding hydrogens is 210 g/mol. The summed E-state index contributed by atoms with van der Waals surface area (Å²) < 4.78 is 5.20. The van der Waals surface area contributed by atoms with Gasteiger partial charge in [0.1, 0.15) is 5.75 Å². The van der Waals surface area contributed by atoms with Crippen LogP contribution >= 0.6 is 0 Å². The van der Waals surface area contributed by atoms with Crippen LogP contribution in [0.4, 0.5) is 5.69 Å². The van der Waals surface area contributed by atoms with Crippen molar-refractivity contribution in [2.75, 3.05) is 18.6 Å². The van der Waals surface area contributed by atoms with Gasteiger partial charge in [-0.3, -0.25) is 0 Å². The van der Waals surface area contributed by atoms with E-state index >= 15 is 0 Å².